The first-order chi connectivity index (χ1) is 9.79. The first kappa shape index (κ1) is 20.9. The largest absolute Gasteiger partial charge is 0.350 e. The normalized spacial score (nSPS) is 15.0. The number of nitrogens with zero attached hydrogens (tertiary/aromatic N) is 1. The number of hydrogen-bond donors (Lipinski definition) is 2. The summed E-state index contributed by atoms with van der Waals surface area (Å²) in [5.74, 6) is -1.61. The highest BCUT2D eigenvalue weighted by Gasteiger charge is 2.30. The van der Waals surface area contributed by atoms with E-state index in [1.165, 1.54) is 18.7 Å². The molecule has 0 rings (SSSR count). The van der Waals surface area contributed by atoms with Crippen LogP contribution in [0.15, 0.2) is 0 Å². The Labute approximate surface area is 133 Å². The van der Waals surface area contributed by atoms with Crippen molar-refractivity contribution >= 4 is 21.9 Å². The molecular weight excluding hydrogens is 308 g/mol. The highest BCUT2D eigenvalue weighted by atomic mass is 32.2. The first-order valence-electron chi connectivity index (χ1n) is 7.27. The number of nitrogens with one attached hydrogen (secondary N) is 1. The maximum Gasteiger partial charge on any atom is 0.267 e. The van der Waals surface area contributed by atoms with Crippen LogP contribution in [-0.2, 0) is 19.7 Å². The van der Waals surface area contributed by atoms with E-state index in [0.717, 1.165) is 0 Å². The molecule has 22 heavy (non-hydrogen) atoms. The summed E-state index contributed by atoms with van der Waals surface area (Å²) >= 11 is 0. The second-order valence-electron chi connectivity index (χ2n) is 6.57. The van der Waals surface area contributed by atoms with Crippen molar-refractivity contribution in [3.05, 3.63) is 0 Å². The molecule has 0 aromatic heterocycles. The van der Waals surface area contributed by atoms with Crippen molar-refractivity contribution in [2.45, 2.75) is 46.1 Å². The van der Waals surface area contributed by atoms with Crippen LogP contribution in [0.1, 0.15) is 40.5 Å². The van der Waals surface area contributed by atoms with Crippen LogP contribution < -0.4 is 5.32 Å². The van der Waals surface area contributed by atoms with E-state index in [4.69, 9.17) is 4.55 Å². The Bertz CT molecular complexity index is 499. The van der Waals surface area contributed by atoms with Gasteiger partial charge in [-0.05, 0) is 26.7 Å². The van der Waals surface area contributed by atoms with Crippen LogP contribution in [-0.4, -0.2) is 55.1 Å². The summed E-state index contributed by atoms with van der Waals surface area (Å²) in [6.07, 6.45) is 1.02. The van der Waals surface area contributed by atoms with Gasteiger partial charge in [-0.3, -0.25) is 14.1 Å². The van der Waals surface area contributed by atoms with Crippen LogP contribution in [0.5, 0.6) is 0 Å². The van der Waals surface area contributed by atoms with Gasteiger partial charge in [-0.2, -0.15) is 8.42 Å². The average Bonchev–Trinajstić information content (AvgIpc) is 2.30. The maximum atomic E-state index is 12.2. The molecule has 0 saturated heterocycles. The van der Waals surface area contributed by atoms with Gasteiger partial charge in [0.15, 0.2) is 0 Å². The summed E-state index contributed by atoms with van der Waals surface area (Å²) in [6, 6.07) is 0. The number of carbonyl (C=O) groups excluding carboxylic acids is 2. The van der Waals surface area contributed by atoms with Crippen molar-refractivity contribution < 1.29 is 22.6 Å². The Morgan fingerprint density at radius 2 is 1.77 bits per heavy atom. The fourth-order valence-corrected chi connectivity index (χ4v) is 3.27. The molecule has 2 amide bonds. The highest BCUT2D eigenvalue weighted by molar-refractivity contribution is 7.85. The summed E-state index contributed by atoms with van der Waals surface area (Å²) in [4.78, 5) is 25.7. The second kappa shape index (κ2) is 7.92. The number of rotatable bonds is 8. The van der Waals surface area contributed by atoms with E-state index < -0.39 is 27.3 Å². The standard InChI is InChI=1S/C14H28N2O5S/c1-7-11(13(18)16(5)6)8-10(2)12(17)15-14(3,4)9-22(19,20)21/h10-11H,7-9H2,1-6H3,(H,15,17)(H,19,20,21). The lowest BCUT2D eigenvalue weighted by Crippen LogP contribution is -2.50. The zero-order valence-corrected chi connectivity index (χ0v) is 15.0. The van der Waals surface area contributed by atoms with Gasteiger partial charge in [-0.25, -0.2) is 0 Å². The molecule has 0 aliphatic carbocycles. The van der Waals surface area contributed by atoms with Gasteiger partial charge in [0.2, 0.25) is 11.8 Å². The second-order valence-corrected chi connectivity index (χ2v) is 8.03. The SMILES string of the molecule is CCC(CC(C)C(=O)NC(C)(C)CS(=O)(=O)O)C(=O)N(C)C. The lowest BCUT2D eigenvalue weighted by atomic mass is 9.91. The van der Waals surface area contributed by atoms with Crippen molar-refractivity contribution in [3.8, 4) is 0 Å². The molecule has 0 spiro atoms. The zero-order valence-electron chi connectivity index (χ0n) is 14.2. The van der Waals surface area contributed by atoms with Gasteiger partial charge in [-0.1, -0.05) is 13.8 Å². The molecule has 130 valence electrons. The average molecular weight is 336 g/mol. The van der Waals surface area contributed by atoms with Crippen LogP contribution in [0.3, 0.4) is 0 Å². The Hall–Kier alpha value is -1.15. The van der Waals surface area contributed by atoms with E-state index in [1.54, 1.807) is 21.0 Å². The molecule has 0 aromatic rings. The molecule has 2 atom stereocenters. The molecule has 0 radical (unpaired) electrons. The van der Waals surface area contributed by atoms with Crippen molar-refractivity contribution in [1.29, 1.82) is 0 Å². The molecule has 7 nitrogen and oxygen atoms in total. The third-order valence-electron chi connectivity index (χ3n) is 3.37. The van der Waals surface area contributed by atoms with Crippen LogP contribution in [0.2, 0.25) is 0 Å². The predicted molar refractivity (Wildman–Crippen MR) is 84.9 cm³/mol. The van der Waals surface area contributed by atoms with E-state index in [1.807, 2.05) is 6.92 Å². The maximum absolute atomic E-state index is 12.2. The number of amides is 2. The van der Waals surface area contributed by atoms with E-state index >= 15 is 0 Å². The minimum atomic E-state index is -4.18. The minimum Gasteiger partial charge on any atom is -0.350 e. The third kappa shape index (κ3) is 7.74. The quantitative estimate of drug-likeness (QED) is 0.641. The molecule has 0 heterocycles. The van der Waals surface area contributed by atoms with E-state index in [0.29, 0.717) is 12.8 Å². The molecule has 2 unspecified atom stereocenters. The van der Waals surface area contributed by atoms with Crippen LogP contribution >= 0.6 is 0 Å². The summed E-state index contributed by atoms with van der Waals surface area (Å²) < 4.78 is 30.8. The van der Waals surface area contributed by atoms with Crippen LogP contribution in [0.4, 0.5) is 0 Å². The highest BCUT2D eigenvalue weighted by Crippen LogP contribution is 2.19. The molecule has 0 fully saturated rings. The topological polar surface area (TPSA) is 104 Å². The van der Waals surface area contributed by atoms with Crippen LogP contribution in [0.25, 0.3) is 0 Å². The zero-order chi connectivity index (χ0) is 17.7. The molecule has 0 aromatic carbocycles. The minimum absolute atomic E-state index is 0.0284. The van der Waals surface area contributed by atoms with E-state index in [2.05, 4.69) is 5.32 Å². The van der Waals surface area contributed by atoms with Gasteiger partial charge in [0.25, 0.3) is 10.1 Å². The monoisotopic (exact) mass is 336 g/mol. The summed E-state index contributed by atoms with van der Waals surface area (Å²) in [5.41, 5.74) is -1.08. The van der Waals surface area contributed by atoms with Crippen LogP contribution in [0, 0.1) is 11.8 Å². The molecule has 0 bridgehead atoms. The summed E-state index contributed by atoms with van der Waals surface area (Å²) in [5, 5.41) is 2.61. The molecule has 0 aliphatic heterocycles. The number of hydrogen-bond acceptors (Lipinski definition) is 4. The van der Waals surface area contributed by atoms with E-state index in [-0.39, 0.29) is 17.7 Å². The Morgan fingerprint density at radius 1 is 1.27 bits per heavy atom. The van der Waals surface area contributed by atoms with Gasteiger partial charge >= 0.3 is 0 Å². The smallest absolute Gasteiger partial charge is 0.267 e. The Balaban J connectivity index is 4.76. The lowest BCUT2D eigenvalue weighted by molar-refractivity contribution is -0.134. The van der Waals surface area contributed by atoms with E-state index in [9.17, 15) is 18.0 Å². The molecular formula is C14H28N2O5S. The fourth-order valence-electron chi connectivity index (χ4n) is 2.29. The lowest BCUT2D eigenvalue weighted by Gasteiger charge is -2.28. The van der Waals surface area contributed by atoms with Gasteiger partial charge in [0, 0.05) is 25.9 Å². The third-order valence-corrected chi connectivity index (χ3v) is 4.46. The van der Waals surface area contributed by atoms with Gasteiger partial charge in [-0.15, -0.1) is 0 Å². The van der Waals surface area contributed by atoms with Crippen molar-refractivity contribution in [3.63, 3.8) is 0 Å². The van der Waals surface area contributed by atoms with Crippen molar-refractivity contribution in [1.82, 2.24) is 10.2 Å². The summed E-state index contributed by atoms with van der Waals surface area (Å²) in [6.45, 7) is 6.63. The summed E-state index contributed by atoms with van der Waals surface area (Å²) in [7, 11) is -0.838. The molecule has 0 saturated carbocycles. The van der Waals surface area contributed by atoms with Gasteiger partial charge in [0.05, 0.1) is 11.3 Å². The van der Waals surface area contributed by atoms with Crippen molar-refractivity contribution in [2.75, 3.05) is 19.8 Å². The Kier molecular flexibility index (Phi) is 7.50. The first-order valence-corrected chi connectivity index (χ1v) is 8.88. The van der Waals surface area contributed by atoms with Gasteiger partial charge in [0.1, 0.15) is 0 Å². The Morgan fingerprint density at radius 3 is 2.14 bits per heavy atom. The number of carbonyl (C=O) groups is 2. The molecule has 2 N–H and O–H groups in total. The van der Waals surface area contributed by atoms with Gasteiger partial charge < -0.3 is 10.2 Å². The molecule has 8 heteroatoms. The molecule has 0 aliphatic rings. The van der Waals surface area contributed by atoms with Crippen molar-refractivity contribution in [2.24, 2.45) is 11.8 Å². The fraction of sp³-hybridized carbons (Fsp3) is 0.857. The predicted octanol–water partition coefficient (Wildman–Crippen LogP) is 0.910.